The molecule has 2 aromatic heterocycles. The molecule has 7 nitrogen and oxygen atoms in total. The Hall–Kier alpha value is -3.30. The lowest BCUT2D eigenvalue weighted by Gasteiger charge is -2.29. The first kappa shape index (κ1) is 21.4. The van der Waals surface area contributed by atoms with Crippen LogP contribution in [0.15, 0.2) is 42.9 Å². The zero-order chi connectivity index (χ0) is 21.9. The maximum absolute atomic E-state index is 12.4. The zero-order valence-corrected chi connectivity index (χ0v) is 16.8. The van der Waals surface area contributed by atoms with E-state index < -0.39 is 24.8 Å². The number of nitrogens with one attached hydrogen (secondary N) is 1. The van der Waals surface area contributed by atoms with Crippen molar-refractivity contribution in [3.8, 4) is 17.1 Å². The second-order valence-corrected chi connectivity index (χ2v) is 6.65. The van der Waals surface area contributed by atoms with Crippen LogP contribution in [-0.4, -0.2) is 51.7 Å². The van der Waals surface area contributed by atoms with Crippen LogP contribution < -0.4 is 10.1 Å². The maximum Gasteiger partial charge on any atom is 0.405 e. The molecule has 1 atom stereocenters. The molecule has 0 unspecified atom stereocenters. The van der Waals surface area contributed by atoms with Crippen LogP contribution in [0.2, 0.25) is 0 Å². The maximum atomic E-state index is 12.4. The molecular formula is C20H22F3N5O2. The number of fused-ring (bicyclic) bond motifs is 1. The van der Waals surface area contributed by atoms with E-state index in [-0.39, 0.29) is 6.54 Å². The molecule has 2 amide bonds. The molecule has 0 fully saturated rings. The SMILES string of the molecule is CCN(C(=O)NCC(F)(F)F)[C@H](C)c1cccc(-c2cn3ccnc3c(OC)n2)c1. The number of halogens is 3. The molecule has 0 saturated heterocycles. The molecule has 30 heavy (non-hydrogen) atoms. The van der Waals surface area contributed by atoms with Crippen molar-refractivity contribution in [2.75, 3.05) is 20.2 Å². The number of nitrogens with zero attached hydrogens (tertiary/aromatic N) is 4. The number of ether oxygens (including phenoxy) is 1. The highest BCUT2D eigenvalue weighted by molar-refractivity contribution is 5.75. The van der Waals surface area contributed by atoms with Gasteiger partial charge in [0.1, 0.15) is 6.54 Å². The molecule has 0 aliphatic rings. The Morgan fingerprint density at radius 1 is 1.37 bits per heavy atom. The topological polar surface area (TPSA) is 71.8 Å². The van der Waals surface area contributed by atoms with Crippen molar-refractivity contribution < 1.29 is 22.7 Å². The molecule has 0 saturated carbocycles. The number of hydrogen-bond acceptors (Lipinski definition) is 4. The van der Waals surface area contributed by atoms with Gasteiger partial charge in [-0.3, -0.25) is 0 Å². The monoisotopic (exact) mass is 421 g/mol. The van der Waals surface area contributed by atoms with Crippen LogP contribution in [0.4, 0.5) is 18.0 Å². The van der Waals surface area contributed by atoms with Crippen molar-refractivity contribution in [1.82, 2.24) is 24.6 Å². The number of amides is 2. The third-order valence-electron chi connectivity index (χ3n) is 4.71. The number of imidazole rings is 1. The van der Waals surface area contributed by atoms with Crippen LogP contribution in [0.3, 0.4) is 0 Å². The van der Waals surface area contributed by atoms with E-state index >= 15 is 0 Å². The van der Waals surface area contributed by atoms with Gasteiger partial charge in [0, 0.05) is 30.7 Å². The number of rotatable bonds is 6. The van der Waals surface area contributed by atoms with Gasteiger partial charge in [0.2, 0.25) is 0 Å². The summed E-state index contributed by atoms with van der Waals surface area (Å²) >= 11 is 0. The van der Waals surface area contributed by atoms with Gasteiger partial charge in [-0.15, -0.1) is 0 Å². The molecule has 0 aliphatic heterocycles. The van der Waals surface area contributed by atoms with E-state index in [9.17, 15) is 18.0 Å². The lowest BCUT2D eigenvalue weighted by atomic mass is 10.0. The van der Waals surface area contributed by atoms with E-state index in [0.717, 1.165) is 11.1 Å². The Balaban J connectivity index is 1.88. The van der Waals surface area contributed by atoms with Crippen molar-refractivity contribution in [2.24, 2.45) is 0 Å². The van der Waals surface area contributed by atoms with E-state index in [2.05, 4.69) is 9.97 Å². The first-order chi connectivity index (χ1) is 14.2. The minimum absolute atomic E-state index is 0.252. The number of hydrogen-bond donors (Lipinski definition) is 1. The molecule has 0 aliphatic carbocycles. The Morgan fingerprint density at radius 2 is 2.13 bits per heavy atom. The number of carbonyl (C=O) groups is 1. The minimum atomic E-state index is -4.46. The van der Waals surface area contributed by atoms with Gasteiger partial charge in [-0.1, -0.05) is 18.2 Å². The van der Waals surface area contributed by atoms with Gasteiger partial charge in [0.25, 0.3) is 5.88 Å². The van der Waals surface area contributed by atoms with Gasteiger partial charge < -0.3 is 19.4 Å². The molecule has 1 N–H and O–H groups in total. The third-order valence-corrected chi connectivity index (χ3v) is 4.71. The quantitative estimate of drug-likeness (QED) is 0.652. The summed E-state index contributed by atoms with van der Waals surface area (Å²) in [6.07, 6.45) is 0.761. The fraction of sp³-hybridized carbons (Fsp3) is 0.350. The zero-order valence-electron chi connectivity index (χ0n) is 16.8. The average Bonchev–Trinajstić information content (AvgIpc) is 3.20. The average molecular weight is 421 g/mol. The van der Waals surface area contributed by atoms with Crippen molar-refractivity contribution in [1.29, 1.82) is 0 Å². The van der Waals surface area contributed by atoms with Gasteiger partial charge in [0.15, 0.2) is 5.65 Å². The van der Waals surface area contributed by atoms with E-state index in [1.807, 2.05) is 35.8 Å². The molecule has 1 aromatic carbocycles. The standard InChI is InChI=1S/C20H22F3N5O2/c1-4-28(19(29)25-12-20(21,22)23)13(2)14-6-5-7-15(10-14)16-11-27-9-8-24-17(27)18(26-16)30-3/h5-11,13H,4,12H2,1-3H3,(H,25,29)/t13-/m1/s1. The van der Waals surface area contributed by atoms with E-state index in [1.165, 1.54) is 12.0 Å². The van der Waals surface area contributed by atoms with Gasteiger partial charge in [-0.25, -0.2) is 14.8 Å². The minimum Gasteiger partial charge on any atom is -0.478 e. The predicted octanol–water partition coefficient (Wildman–Crippen LogP) is 4.06. The van der Waals surface area contributed by atoms with E-state index in [1.54, 1.807) is 30.6 Å². The molecule has 0 radical (unpaired) electrons. The third kappa shape index (κ3) is 4.64. The summed E-state index contributed by atoms with van der Waals surface area (Å²) in [5.41, 5.74) is 2.77. The van der Waals surface area contributed by atoms with Crippen LogP contribution in [0.1, 0.15) is 25.5 Å². The Labute approximate surface area is 171 Å². The predicted molar refractivity (Wildman–Crippen MR) is 105 cm³/mol. The highest BCUT2D eigenvalue weighted by atomic mass is 19.4. The van der Waals surface area contributed by atoms with Crippen LogP contribution in [0.25, 0.3) is 16.9 Å². The lowest BCUT2D eigenvalue weighted by molar-refractivity contribution is -0.123. The summed E-state index contributed by atoms with van der Waals surface area (Å²) in [7, 11) is 1.51. The summed E-state index contributed by atoms with van der Waals surface area (Å²) in [4.78, 5) is 22.3. The summed E-state index contributed by atoms with van der Waals surface area (Å²) in [5, 5.41) is 1.93. The van der Waals surface area contributed by atoms with Crippen LogP contribution >= 0.6 is 0 Å². The van der Waals surface area contributed by atoms with Gasteiger partial charge >= 0.3 is 12.2 Å². The molecule has 0 bridgehead atoms. The molecule has 2 heterocycles. The lowest BCUT2D eigenvalue weighted by Crippen LogP contribution is -2.44. The number of aromatic nitrogens is 3. The van der Waals surface area contributed by atoms with Crippen LogP contribution in [0, 0.1) is 0 Å². The van der Waals surface area contributed by atoms with Crippen molar-refractivity contribution in [3.63, 3.8) is 0 Å². The van der Waals surface area contributed by atoms with Crippen LogP contribution in [-0.2, 0) is 0 Å². The van der Waals surface area contributed by atoms with Crippen molar-refractivity contribution >= 4 is 11.7 Å². The molecule has 10 heteroatoms. The Kier molecular flexibility index (Phi) is 6.14. The molecule has 3 rings (SSSR count). The summed E-state index contributed by atoms with van der Waals surface area (Å²) in [5.74, 6) is 0.373. The number of alkyl halides is 3. The number of methoxy groups -OCH3 is 1. The highest BCUT2D eigenvalue weighted by Gasteiger charge is 2.29. The summed E-state index contributed by atoms with van der Waals surface area (Å²) < 4.78 is 44.4. The molecular weight excluding hydrogens is 399 g/mol. The molecule has 3 aromatic rings. The summed E-state index contributed by atoms with van der Waals surface area (Å²) in [6, 6.07) is 6.14. The Bertz CT molecular complexity index is 1030. The van der Waals surface area contributed by atoms with E-state index in [4.69, 9.17) is 4.74 Å². The second kappa shape index (κ2) is 8.60. The summed E-state index contributed by atoms with van der Waals surface area (Å²) in [6.45, 7) is 2.36. The van der Waals surface area contributed by atoms with Crippen molar-refractivity contribution in [2.45, 2.75) is 26.1 Å². The highest BCUT2D eigenvalue weighted by Crippen LogP contribution is 2.27. The normalized spacial score (nSPS) is 12.6. The van der Waals surface area contributed by atoms with Crippen molar-refractivity contribution in [3.05, 3.63) is 48.4 Å². The largest absolute Gasteiger partial charge is 0.478 e. The smallest absolute Gasteiger partial charge is 0.405 e. The fourth-order valence-electron chi connectivity index (χ4n) is 3.19. The molecule has 0 spiro atoms. The van der Waals surface area contributed by atoms with Crippen LogP contribution in [0.5, 0.6) is 5.88 Å². The number of urea groups is 1. The van der Waals surface area contributed by atoms with Gasteiger partial charge in [0.05, 0.1) is 18.8 Å². The second-order valence-electron chi connectivity index (χ2n) is 6.65. The van der Waals surface area contributed by atoms with Gasteiger partial charge in [-0.2, -0.15) is 13.2 Å². The molecule has 160 valence electrons. The number of carbonyl (C=O) groups excluding carboxylic acids is 1. The number of benzene rings is 1. The first-order valence-electron chi connectivity index (χ1n) is 9.32. The Morgan fingerprint density at radius 3 is 2.80 bits per heavy atom. The van der Waals surface area contributed by atoms with E-state index in [0.29, 0.717) is 17.2 Å². The fourth-order valence-corrected chi connectivity index (χ4v) is 3.19. The van der Waals surface area contributed by atoms with Gasteiger partial charge in [-0.05, 0) is 25.5 Å². The first-order valence-corrected chi connectivity index (χ1v) is 9.32.